The van der Waals surface area contributed by atoms with Gasteiger partial charge in [0.2, 0.25) is 0 Å². The molecule has 64 valence electrons. The van der Waals surface area contributed by atoms with Gasteiger partial charge in [0.15, 0.2) is 0 Å². The molecule has 0 fully saturated rings. The Balaban J connectivity index is 0.000001000. The van der Waals surface area contributed by atoms with E-state index in [-0.39, 0.29) is 25.1 Å². The van der Waals surface area contributed by atoms with Crippen LogP contribution >= 0.6 is 23.7 Å². The molecule has 0 aromatic carbocycles. The van der Waals surface area contributed by atoms with Crippen LogP contribution in [0, 0.1) is 0 Å². The van der Waals surface area contributed by atoms with Crippen LogP contribution in [0.5, 0.6) is 0 Å². The van der Waals surface area contributed by atoms with Gasteiger partial charge >= 0.3 is 0 Å². The Morgan fingerprint density at radius 3 is 2.91 bits per heavy atom. The summed E-state index contributed by atoms with van der Waals surface area (Å²) in [6.07, 6.45) is 2.41. The van der Waals surface area contributed by atoms with Crippen LogP contribution in [0.1, 0.15) is 5.01 Å². The van der Waals surface area contributed by atoms with Gasteiger partial charge in [-0.25, -0.2) is 4.98 Å². The molecule has 0 saturated heterocycles. The largest absolute Gasteiger partial charge is 0.395 e. The minimum atomic E-state index is -0.161. The van der Waals surface area contributed by atoms with E-state index in [9.17, 15) is 0 Å². The molecule has 0 bridgehead atoms. The van der Waals surface area contributed by atoms with Crippen LogP contribution in [0.25, 0.3) is 0 Å². The molecular formula is C6H11ClN2OS. The van der Waals surface area contributed by atoms with E-state index < -0.39 is 0 Å². The lowest BCUT2D eigenvalue weighted by atomic mass is 10.2. The van der Waals surface area contributed by atoms with Gasteiger partial charge < -0.3 is 10.8 Å². The SMILES string of the molecule is Cl.NC(CO)Cc1nccs1. The number of aliphatic hydroxyl groups excluding tert-OH is 1. The first-order chi connectivity index (χ1) is 4.83. The molecule has 3 N–H and O–H groups in total. The number of aliphatic hydroxyl groups is 1. The summed E-state index contributed by atoms with van der Waals surface area (Å²) in [6, 6.07) is -0.161. The average Bonchev–Trinajstić information content (AvgIpc) is 2.40. The first-order valence-electron chi connectivity index (χ1n) is 3.07. The van der Waals surface area contributed by atoms with Crippen molar-refractivity contribution >= 4 is 23.7 Å². The number of hydrogen-bond acceptors (Lipinski definition) is 4. The predicted molar refractivity (Wildman–Crippen MR) is 48.1 cm³/mol. The van der Waals surface area contributed by atoms with E-state index in [1.165, 1.54) is 0 Å². The third-order valence-corrected chi connectivity index (χ3v) is 1.96. The summed E-state index contributed by atoms with van der Waals surface area (Å²) in [6.45, 7) is 0.0274. The van der Waals surface area contributed by atoms with Crippen molar-refractivity contribution in [3.63, 3.8) is 0 Å². The first-order valence-corrected chi connectivity index (χ1v) is 3.95. The molecule has 1 aromatic rings. The van der Waals surface area contributed by atoms with Crippen molar-refractivity contribution in [2.24, 2.45) is 5.73 Å². The van der Waals surface area contributed by atoms with E-state index in [1.54, 1.807) is 17.5 Å². The van der Waals surface area contributed by atoms with Crippen LogP contribution in [0.2, 0.25) is 0 Å². The van der Waals surface area contributed by atoms with Crippen LogP contribution in [-0.2, 0) is 6.42 Å². The molecule has 1 heterocycles. The number of thiazole rings is 1. The Bertz CT molecular complexity index is 181. The Hall–Kier alpha value is -0.160. The van der Waals surface area contributed by atoms with Crippen molar-refractivity contribution in [3.8, 4) is 0 Å². The van der Waals surface area contributed by atoms with E-state index in [1.807, 2.05) is 5.38 Å². The maximum absolute atomic E-state index is 8.59. The van der Waals surface area contributed by atoms with Crippen LogP contribution in [0.3, 0.4) is 0 Å². The topological polar surface area (TPSA) is 59.1 Å². The molecule has 5 heteroatoms. The van der Waals surface area contributed by atoms with E-state index in [0.717, 1.165) is 5.01 Å². The molecule has 1 unspecified atom stereocenters. The van der Waals surface area contributed by atoms with Gasteiger partial charge in [-0.05, 0) is 0 Å². The number of halogens is 1. The molecule has 0 amide bonds. The van der Waals surface area contributed by atoms with E-state index in [0.29, 0.717) is 6.42 Å². The van der Waals surface area contributed by atoms with Gasteiger partial charge in [0.1, 0.15) is 0 Å². The first kappa shape index (κ1) is 10.8. The maximum Gasteiger partial charge on any atom is 0.0941 e. The molecule has 0 radical (unpaired) electrons. The van der Waals surface area contributed by atoms with Crippen molar-refractivity contribution in [2.75, 3.05) is 6.61 Å². The van der Waals surface area contributed by atoms with E-state index in [4.69, 9.17) is 10.8 Å². The average molecular weight is 195 g/mol. The van der Waals surface area contributed by atoms with Crippen LogP contribution in [0.15, 0.2) is 11.6 Å². The number of rotatable bonds is 3. The Labute approximate surface area is 75.7 Å². The highest BCUT2D eigenvalue weighted by molar-refractivity contribution is 7.09. The number of aromatic nitrogens is 1. The second-order valence-corrected chi connectivity index (χ2v) is 3.05. The highest BCUT2D eigenvalue weighted by atomic mass is 35.5. The lowest BCUT2D eigenvalue weighted by Crippen LogP contribution is -2.26. The summed E-state index contributed by atoms with van der Waals surface area (Å²) in [5, 5.41) is 11.5. The molecular weight excluding hydrogens is 184 g/mol. The lowest BCUT2D eigenvalue weighted by Gasteiger charge is -2.02. The van der Waals surface area contributed by atoms with Gasteiger partial charge in [0.05, 0.1) is 11.6 Å². The molecule has 0 spiro atoms. The minimum Gasteiger partial charge on any atom is -0.395 e. The van der Waals surface area contributed by atoms with Gasteiger partial charge in [0, 0.05) is 24.0 Å². The highest BCUT2D eigenvalue weighted by Gasteiger charge is 2.02. The summed E-state index contributed by atoms with van der Waals surface area (Å²) in [4.78, 5) is 4.03. The summed E-state index contributed by atoms with van der Waals surface area (Å²) in [5.41, 5.74) is 5.48. The highest BCUT2D eigenvalue weighted by Crippen LogP contribution is 2.05. The zero-order valence-electron chi connectivity index (χ0n) is 5.93. The molecule has 0 saturated carbocycles. The van der Waals surface area contributed by atoms with Crippen molar-refractivity contribution in [1.29, 1.82) is 0 Å². The number of nitrogens with two attached hydrogens (primary N) is 1. The predicted octanol–water partition coefficient (Wildman–Crippen LogP) is 0.427. The van der Waals surface area contributed by atoms with Gasteiger partial charge in [-0.3, -0.25) is 0 Å². The van der Waals surface area contributed by atoms with Crippen LogP contribution in [-0.4, -0.2) is 22.7 Å². The Kier molecular flexibility index (Phi) is 5.41. The molecule has 11 heavy (non-hydrogen) atoms. The minimum absolute atomic E-state index is 0. The molecule has 0 aliphatic carbocycles. The lowest BCUT2D eigenvalue weighted by molar-refractivity contribution is 0.265. The molecule has 0 aliphatic rings. The zero-order valence-corrected chi connectivity index (χ0v) is 7.57. The summed E-state index contributed by atoms with van der Waals surface area (Å²) < 4.78 is 0. The smallest absolute Gasteiger partial charge is 0.0941 e. The molecule has 1 aromatic heterocycles. The van der Waals surface area contributed by atoms with Crippen molar-refractivity contribution < 1.29 is 5.11 Å². The van der Waals surface area contributed by atoms with Gasteiger partial charge in [-0.1, -0.05) is 0 Å². The van der Waals surface area contributed by atoms with E-state index in [2.05, 4.69) is 4.98 Å². The second kappa shape index (κ2) is 5.49. The normalized spacial score (nSPS) is 12.2. The van der Waals surface area contributed by atoms with E-state index >= 15 is 0 Å². The summed E-state index contributed by atoms with van der Waals surface area (Å²) in [7, 11) is 0. The van der Waals surface area contributed by atoms with Crippen molar-refractivity contribution in [1.82, 2.24) is 4.98 Å². The molecule has 1 rings (SSSR count). The summed E-state index contributed by atoms with van der Waals surface area (Å²) in [5.74, 6) is 0. The summed E-state index contributed by atoms with van der Waals surface area (Å²) >= 11 is 1.56. The quantitative estimate of drug-likeness (QED) is 0.734. The third kappa shape index (κ3) is 3.67. The fourth-order valence-electron chi connectivity index (χ4n) is 0.643. The Morgan fingerprint density at radius 1 is 1.73 bits per heavy atom. The van der Waals surface area contributed by atoms with Gasteiger partial charge in [-0.15, -0.1) is 23.7 Å². The van der Waals surface area contributed by atoms with Crippen molar-refractivity contribution in [3.05, 3.63) is 16.6 Å². The second-order valence-electron chi connectivity index (χ2n) is 2.07. The fourth-order valence-corrected chi connectivity index (χ4v) is 1.35. The Morgan fingerprint density at radius 2 is 2.45 bits per heavy atom. The fraction of sp³-hybridized carbons (Fsp3) is 0.500. The van der Waals surface area contributed by atoms with Gasteiger partial charge in [0.25, 0.3) is 0 Å². The molecule has 0 aliphatic heterocycles. The monoisotopic (exact) mass is 194 g/mol. The molecule has 1 atom stereocenters. The van der Waals surface area contributed by atoms with Crippen LogP contribution < -0.4 is 5.73 Å². The maximum atomic E-state index is 8.59. The number of hydrogen-bond donors (Lipinski definition) is 2. The van der Waals surface area contributed by atoms with Crippen molar-refractivity contribution in [2.45, 2.75) is 12.5 Å². The van der Waals surface area contributed by atoms with Crippen LogP contribution in [0.4, 0.5) is 0 Å². The standard InChI is InChI=1S/C6H10N2OS.ClH/c7-5(4-9)3-6-8-1-2-10-6;/h1-2,5,9H,3-4,7H2;1H. The molecule has 3 nitrogen and oxygen atoms in total. The number of nitrogens with zero attached hydrogens (tertiary/aromatic N) is 1. The zero-order chi connectivity index (χ0) is 7.40. The third-order valence-electron chi connectivity index (χ3n) is 1.15. The van der Waals surface area contributed by atoms with Gasteiger partial charge in [-0.2, -0.15) is 0 Å².